The van der Waals surface area contributed by atoms with E-state index in [1.165, 1.54) is 54.6 Å². The standard InChI is InChI=1S/C56H31F7N4.C54H28F6N4/c1-32-3-7-34(8-4-32)46-27-39(57)29-48(59)54(46)67(43-21-17-41(65-2)18-22-43)51-26-14-37-11-23-44-50(25-13-36-12-24-45(51)53(37)52(36)44)66(42-19-5-33(31-64)6-20-42)55-47(28-40(58)30-49(55)60)35-9-15-38(16-10-35)56(61,62)63;1-62-36-16-20-38(21-17-36)64(54-44(27-35(56)29-48(54)60)40-7-3-5-9-46(40)58)50-25-15-33-12-22-41-49(24-14-32-13-23-42(50)52(33)51(32)41)63(37-18-10-31(30-61)11-19-37)53-43(26-34(55)28-47(53)59)39-6-2-4-8-45(39)57/h3-30H,1H3;2-29H. The van der Waals surface area contributed by atoms with E-state index in [1.54, 1.807) is 159 Å². The van der Waals surface area contributed by atoms with Gasteiger partial charge in [0.2, 0.25) is 0 Å². The fraction of sp³-hybridized carbons (Fsp3) is 0.0182. The van der Waals surface area contributed by atoms with Gasteiger partial charge in [-0.3, -0.25) is 0 Å². The van der Waals surface area contributed by atoms with Crippen molar-refractivity contribution in [1.82, 2.24) is 0 Å². The zero-order valence-corrected chi connectivity index (χ0v) is 68.3. The monoisotopic (exact) mass is 1740 g/mol. The summed E-state index contributed by atoms with van der Waals surface area (Å²) in [6.45, 7) is 17.1. The number of anilines is 12. The van der Waals surface area contributed by atoms with Gasteiger partial charge in [-0.1, -0.05) is 175 Å². The molecule has 0 amide bonds. The van der Waals surface area contributed by atoms with Gasteiger partial charge in [0.1, 0.15) is 34.9 Å². The summed E-state index contributed by atoms with van der Waals surface area (Å²) in [6, 6.07) is 89.9. The SMILES string of the molecule is [C-]#[N+]c1ccc(N(c2c(F)cc(F)cc2-c2ccc(C)cc2)c2ccc3ccc4c(N(c5ccc(C#N)cc5)c5c(F)cc(F)cc5-c5ccc(C(F)(F)F)cc5)ccc5ccc2c3c54)cc1.[C-]#[N+]c1ccc(N(c2c(F)cc(F)cc2-c2ccccc2F)c2ccc3ccc4c(N(c5ccc(C#N)cc5)c5c(F)cc(F)cc5-c5ccccc5F)ccc5ccc2c3c54)cc1. The highest BCUT2D eigenvalue weighted by Gasteiger charge is 2.35. The van der Waals surface area contributed by atoms with E-state index in [0.717, 1.165) is 81.0 Å². The van der Waals surface area contributed by atoms with E-state index in [9.17, 15) is 23.7 Å². The first-order valence-electron chi connectivity index (χ1n) is 40.7. The highest BCUT2D eigenvalue weighted by atomic mass is 19.4. The Morgan fingerprint density at radius 1 is 0.275 bits per heavy atom. The average molecular weight is 1740 g/mol. The molecule has 0 radical (unpaired) electrons. The van der Waals surface area contributed by atoms with Crippen LogP contribution in [0.1, 0.15) is 22.3 Å². The molecule has 0 fully saturated rings. The molecule has 0 atom stereocenters. The summed E-state index contributed by atoms with van der Waals surface area (Å²) in [5, 5.41) is 27.8. The van der Waals surface area contributed by atoms with Gasteiger partial charge < -0.3 is 19.6 Å². The number of alkyl halides is 3. The molecule has 0 saturated carbocycles. The number of benzene rings is 20. The second-order valence-electron chi connectivity index (χ2n) is 31.1. The lowest BCUT2D eigenvalue weighted by Crippen LogP contribution is -2.15. The Balaban J connectivity index is 0.000000170. The smallest absolute Gasteiger partial charge is 0.307 e. The van der Waals surface area contributed by atoms with Crippen LogP contribution in [-0.4, -0.2) is 0 Å². The molecule has 0 heterocycles. The molecule has 0 bridgehead atoms. The molecule has 0 saturated heterocycles. The molecule has 0 unspecified atom stereocenters. The molecule has 0 aliphatic rings. The van der Waals surface area contributed by atoms with E-state index < -0.39 is 69.9 Å². The van der Waals surface area contributed by atoms with Crippen LogP contribution in [0, 0.1) is 101 Å². The van der Waals surface area contributed by atoms with Crippen molar-refractivity contribution in [2.45, 2.75) is 13.1 Å². The second kappa shape index (κ2) is 33.6. The Kier molecular flexibility index (Phi) is 21.3. The number of hydrogen-bond acceptors (Lipinski definition) is 6. The zero-order valence-electron chi connectivity index (χ0n) is 68.3. The van der Waals surface area contributed by atoms with Crippen molar-refractivity contribution >= 4 is 144 Å². The average Bonchev–Trinajstić information content (AvgIpc) is 0.717. The first-order chi connectivity index (χ1) is 63.4. The molecular weight excluding hydrogens is 1680 g/mol. The Morgan fingerprint density at radius 3 is 0.824 bits per heavy atom. The summed E-state index contributed by atoms with van der Waals surface area (Å²) < 4.78 is 200. The van der Waals surface area contributed by atoms with Gasteiger partial charge >= 0.3 is 6.18 Å². The minimum absolute atomic E-state index is 0.0332. The van der Waals surface area contributed by atoms with Crippen molar-refractivity contribution in [3.8, 4) is 56.6 Å². The molecule has 630 valence electrons. The number of rotatable bonds is 16. The van der Waals surface area contributed by atoms with Crippen LogP contribution >= 0.6 is 0 Å². The largest absolute Gasteiger partial charge is 0.416 e. The zero-order chi connectivity index (χ0) is 90.9. The second-order valence-corrected chi connectivity index (χ2v) is 31.1. The number of nitriles is 2. The molecule has 20 aromatic rings. The van der Waals surface area contributed by atoms with Crippen LogP contribution in [0.25, 0.3) is 119 Å². The van der Waals surface area contributed by atoms with Gasteiger partial charge in [-0.05, 0) is 207 Å². The van der Waals surface area contributed by atoms with Gasteiger partial charge in [0.15, 0.2) is 34.6 Å². The van der Waals surface area contributed by atoms with E-state index in [0.29, 0.717) is 117 Å². The van der Waals surface area contributed by atoms with E-state index in [1.807, 2.05) is 97.9 Å². The maximum atomic E-state index is 16.8. The Morgan fingerprint density at radius 2 is 0.542 bits per heavy atom. The number of hydrogen-bond donors (Lipinski definition) is 0. The first-order valence-corrected chi connectivity index (χ1v) is 40.7. The summed E-state index contributed by atoms with van der Waals surface area (Å²) in [6.07, 6.45) is -4.65. The molecule has 131 heavy (non-hydrogen) atoms. The molecule has 0 spiro atoms. The minimum Gasteiger partial charge on any atom is -0.307 e. The maximum Gasteiger partial charge on any atom is 0.416 e. The van der Waals surface area contributed by atoms with E-state index in [4.69, 9.17) is 13.1 Å². The third-order valence-electron chi connectivity index (χ3n) is 23.4. The lowest BCUT2D eigenvalue weighted by molar-refractivity contribution is -0.137. The van der Waals surface area contributed by atoms with Crippen LogP contribution in [0.5, 0.6) is 0 Å². The molecule has 20 aromatic carbocycles. The van der Waals surface area contributed by atoms with Gasteiger partial charge in [-0.15, -0.1) is 0 Å². The van der Waals surface area contributed by atoms with Crippen molar-refractivity contribution in [1.29, 1.82) is 10.5 Å². The molecule has 0 aliphatic heterocycles. The normalized spacial score (nSPS) is 11.4. The van der Waals surface area contributed by atoms with E-state index in [2.05, 4.69) is 21.8 Å². The fourth-order valence-electron chi connectivity index (χ4n) is 17.6. The quantitative estimate of drug-likeness (QED) is 0.0545. The Hall–Kier alpha value is -17.3. The third kappa shape index (κ3) is 15.1. The molecule has 0 N–H and O–H groups in total. The van der Waals surface area contributed by atoms with Crippen LogP contribution in [0.3, 0.4) is 0 Å². The summed E-state index contributed by atoms with van der Waals surface area (Å²) in [5.41, 5.74) is 5.12. The van der Waals surface area contributed by atoms with Crippen molar-refractivity contribution in [3.05, 3.63) is 443 Å². The summed E-state index contributed by atoms with van der Waals surface area (Å²) >= 11 is 0. The van der Waals surface area contributed by atoms with Crippen LogP contribution < -0.4 is 19.6 Å². The fourth-order valence-corrected chi connectivity index (χ4v) is 17.6. The minimum atomic E-state index is -4.65. The molecular formula is C110H59F13N8. The summed E-state index contributed by atoms with van der Waals surface area (Å²) in [7, 11) is 0. The van der Waals surface area contributed by atoms with Crippen molar-refractivity contribution < 1.29 is 57.1 Å². The van der Waals surface area contributed by atoms with Gasteiger partial charge in [-0.25, -0.2) is 53.6 Å². The molecule has 20 rings (SSSR count). The van der Waals surface area contributed by atoms with Gasteiger partial charge in [0.05, 0.1) is 87.5 Å². The summed E-state index contributed by atoms with van der Waals surface area (Å²) in [4.78, 5) is 13.5. The van der Waals surface area contributed by atoms with Gasteiger partial charge in [-0.2, -0.15) is 23.7 Å². The molecule has 8 nitrogen and oxygen atoms in total. The lowest BCUT2D eigenvalue weighted by Gasteiger charge is -2.31. The van der Waals surface area contributed by atoms with E-state index in [-0.39, 0.29) is 61.7 Å². The van der Waals surface area contributed by atoms with Crippen LogP contribution in [0.2, 0.25) is 0 Å². The van der Waals surface area contributed by atoms with Crippen molar-refractivity contribution in [2.24, 2.45) is 0 Å². The van der Waals surface area contributed by atoms with Crippen LogP contribution in [-0.2, 0) is 6.18 Å². The van der Waals surface area contributed by atoms with Crippen molar-refractivity contribution in [2.75, 3.05) is 19.6 Å². The highest BCUT2D eigenvalue weighted by molar-refractivity contribution is 6.30. The molecule has 0 aliphatic carbocycles. The predicted octanol–water partition coefficient (Wildman–Crippen LogP) is 33.3. The van der Waals surface area contributed by atoms with Crippen LogP contribution in [0.15, 0.2) is 340 Å². The van der Waals surface area contributed by atoms with Gasteiger partial charge in [0.25, 0.3) is 0 Å². The number of halogens is 13. The third-order valence-corrected chi connectivity index (χ3v) is 23.4. The van der Waals surface area contributed by atoms with Gasteiger partial charge in [0, 0.05) is 102 Å². The summed E-state index contributed by atoms with van der Waals surface area (Å²) in [5.74, 6) is -8.70. The number of nitrogens with zero attached hydrogens (tertiary/aromatic N) is 8. The van der Waals surface area contributed by atoms with Crippen LogP contribution in [0.4, 0.5) is 137 Å². The predicted molar refractivity (Wildman–Crippen MR) is 492 cm³/mol. The Labute approximate surface area is 740 Å². The highest BCUT2D eigenvalue weighted by Crippen LogP contribution is 2.56. The lowest BCUT2D eigenvalue weighted by atomic mass is 9.91. The van der Waals surface area contributed by atoms with E-state index >= 15 is 43.9 Å². The maximum absolute atomic E-state index is 16.8. The Bertz CT molecular complexity index is 7910. The molecule has 0 aromatic heterocycles. The van der Waals surface area contributed by atoms with Crippen molar-refractivity contribution in [3.63, 3.8) is 0 Å². The first kappa shape index (κ1) is 83.3. The topological polar surface area (TPSA) is 69.3 Å². The molecule has 21 heteroatoms. The number of aryl methyl sites for hydroxylation is 1.